The predicted molar refractivity (Wildman–Crippen MR) is 151 cm³/mol. The summed E-state index contributed by atoms with van der Waals surface area (Å²) in [4.78, 5) is 16.9. The Hall–Kier alpha value is -2.30. The average molecular weight is 637 g/mol. The van der Waals surface area contributed by atoms with Crippen molar-refractivity contribution in [3.63, 3.8) is 0 Å². The van der Waals surface area contributed by atoms with E-state index in [1.807, 2.05) is 43.3 Å². The van der Waals surface area contributed by atoms with Gasteiger partial charge in [-0.15, -0.1) is 0 Å². The number of carbonyl (C=O) groups is 1. The summed E-state index contributed by atoms with van der Waals surface area (Å²) in [5.41, 5.74) is 7.37. The molecule has 1 heterocycles. The second-order valence-electron chi connectivity index (χ2n) is 9.17. The fraction of sp³-hybridized carbons (Fsp3) is 0.296. The molecule has 1 amide bonds. The van der Waals surface area contributed by atoms with Crippen molar-refractivity contribution in [2.75, 3.05) is 37.7 Å². The standard InChI is InChI=1S/C27H26ClIN2O4S/c1-18-19(17-36(28,33)34)14-20(29)15-26(18)30-10-12-31(13-11-30)27(32)35-16-25-23-8-4-2-6-21(23)22-7-3-5-9-24(22)25/h2-9,14-15,25H,10-13,16-17H2,1H3. The lowest BCUT2D eigenvalue weighted by Gasteiger charge is -2.36. The predicted octanol–water partition coefficient (Wildman–Crippen LogP) is 5.74. The van der Waals surface area contributed by atoms with Gasteiger partial charge in [-0.05, 0) is 75.0 Å². The number of piperazine rings is 1. The number of amides is 1. The molecule has 3 aromatic rings. The first-order valence-corrected chi connectivity index (χ1v) is 15.3. The number of rotatable bonds is 5. The van der Waals surface area contributed by atoms with Crippen LogP contribution in [0.1, 0.15) is 28.2 Å². The zero-order valence-corrected chi connectivity index (χ0v) is 23.5. The molecule has 0 bridgehead atoms. The van der Waals surface area contributed by atoms with E-state index in [9.17, 15) is 13.2 Å². The van der Waals surface area contributed by atoms with E-state index in [-0.39, 0.29) is 17.8 Å². The SMILES string of the molecule is Cc1c(CS(=O)(=O)Cl)cc(I)cc1N1CCN(C(=O)OCC2c3ccccc3-c3ccccc32)CC1. The summed E-state index contributed by atoms with van der Waals surface area (Å²) in [6.07, 6.45) is -0.301. The van der Waals surface area contributed by atoms with Crippen molar-refractivity contribution in [2.45, 2.75) is 18.6 Å². The Morgan fingerprint density at radius 2 is 1.58 bits per heavy atom. The van der Waals surface area contributed by atoms with Gasteiger partial charge in [0.05, 0.1) is 5.75 Å². The summed E-state index contributed by atoms with van der Waals surface area (Å²) >= 11 is 2.19. The van der Waals surface area contributed by atoms with Crippen LogP contribution in [0.25, 0.3) is 11.1 Å². The van der Waals surface area contributed by atoms with Gasteiger partial charge in [0.1, 0.15) is 6.61 Å². The monoisotopic (exact) mass is 636 g/mol. The second kappa shape index (κ2) is 10.2. The minimum Gasteiger partial charge on any atom is -0.448 e. The summed E-state index contributed by atoms with van der Waals surface area (Å²) in [6, 6.07) is 20.5. The molecule has 188 valence electrons. The molecule has 1 fully saturated rings. The molecule has 1 aliphatic carbocycles. The van der Waals surface area contributed by atoms with Crippen LogP contribution >= 0.6 is 33.3 Å². The van der Waals surface area contributed by atoms with Gasteiger partial charge in [-0.1, -0.05) is 48.5 Å². The van der Waals surface area contributed by atoms with E-state index < -0.39 is 9.05 Å². The molecular weight excluding hydrogens is 611 g/mol. The second-order valence-corrected chi connectivity index (χ2v) is 13.2. The molecule has 0 N–H and O–H groups in total. The summed E-state index contributed by atoms with van der Waals surface area (Å²) in [5.74, 6) is -0.169. The van der Waals surface area contributed by atoms with Gasteiger partial charge >= 0.3 is 6.09 Å². The smallest absolute Gasteiger partial charge is 0.409 e. The van der Waals surface area contributed by atoms with Gasteiger partial charge in [0, 0.05) is 52.0 Å². The summed E-state index contributed by atoms with van der Waals surface area (Å²) in [5, 5.41) is 0. The highest BCUT2D eigenvalue weighted by Gasteiger charge is 2.30. The molecule has 0 spiro atoms. The summed E-state index contributed by atoms with van der Waals surface area (Å²) in [7, 11) is 1.86. The fourth-order valence-corrected chi connectivity index (χ4v) is 6.89. The summed E-state index contributed by atoms with van der Waals surface area (Å²) in [6.45, 7) is 4.56. The molecule has 3 aromatic carbocycles. The highest BCUT2D eigenvalue weighted by Crippen LogP contribution is 2.44. The van der Waals surface area contributed by atoms with E-state index in [1.165, 1.54) is 22.3 Å². The fourth-order valence-electron chi connectivity index (χ4n) is 5.20. The van der Waals surface area contributed by atoms with Crippen LogP contribution in [0.15, 0.2) is 60.7 Å². The number of nitrogens with zero attached hydrogens (tertiary/aromatic N) is 2. The molecule has 1 aliphatic heterocycles. The number of carbonyl (C=O) groups excluding carboxylic acids is 1. The topological polar surface area (TPSA) is 66.9 Å². The first-order chi connectivity index (χ1) is 17.2. The van der Waals surface area contributed by atoms with Gasteiger partial charge in [0.15, 0.2) is 0 Å². The highest BCUT2D eigenvalue weighted by molar-refractivity contribution is 14.1. The van der Waals surface area contributed by atoms with Crippen LogP contribution < -0.4 is 4.90 Å². The molecule has 9 heteroatoms. The van der Waals surface area contributed by atoms with E-state index in [4.69, 9.17) is 15.4 Å². The number of halogens is 2. The minimum absolute atomic E-state index is 0.0355. The maximum Gasteiger partial charge on any atom is 0.409 e. The van der Waals surface area contributed by atoms with Gasteiger partial charge < -0.3 is 14.5 Å². The van der Waals surface area contributed by atoms with Crippen molar-refractivity contribution in [1.29, 1.82) is 0 Å². The van der Waals surface area contributed by atoms with Crippen molar-refractivity contribution in [3.8, 4) is 11.1 Å². The van der Waals surface area contributed by atoms with Crippen molar-refractivity contribution in [1.82, 2.24) is 4.90 Å². The minimum atomic E-state index is -3.65. The molecule has 0 unspecified atom stereocenters. The zero-order valence-electron chi connectivity index (χ0n) is 19.8. The molecule has 0 saturated carbocycles. The molecule has 1 saturated heterocycles. The number of hydrogen-bond acceptors (Lipinski definition) is 5. The Morgan fingerprint density at radius 3 is 2.17 bits per heavy atom. The normalized spacial score (nSPS) is 15.5. The third kappa shape index (κ3) is 5.21. The number of fused-ring (bicyclic) bond motifs is 3. The Labute approximate surface area is 229 Å². The van der Waals surface area contributed by atoms with Gasteiger partial charge in [-0.25, -0.2) is 13.2 Å². The lowest BCUT2D eigenvalue weighted by Crippen LogP contribution is -2.49. The Balaban J connectivity index is 1.23. The van der Waals surface area contributed by atoms with Gasteiger partial charge in [-0.2, -0.15) is 0 Å². The van der Waals surface area contributed by atoms with Crippen LogP contribution in [0.5, 0.6) is 0 Å². The Morgan fingerprint density at radius 1 is 1.00 bits per heavy atom. The van der Waals surface area contributed by atoms with Crippen LogP contribution in [0.3, 0.4) is 0 Å². The Kier molecular flexibility index (Phi) is 7.20. The lowest BCUT2D eigenvalue weighted by molar-refractivity contribution is 0.0977. The third-order valence-electron chi connectivity index (χ3n) is 7.00. The van der Waals surface area contributed by atoms with Crippen molar-refractivity contribution in [3.05, 3.63) is 86.5 Å². The summed E-state index contributed by atoms with van der Waals surface area (Å²) < 4.78 is 30.1. The number of benzene rings is 3. The quantitative estimate of drug-likeness (QED) is 0.264. The maximum absolute atomic E-state index is 13.0. The molecule has 2 aliphatic rings. The van der Waals surface area contributed by atoms with E-state index >= 15 is 0 Å². The van der Waals surface area contributed by atoms with Crippen LogP contribution in [0.4, 0.5) is 10.5 Å². The van der Waals surface area contributed by atoms with Crippen molar-refractivity contribution >= 4 is 54.1 Å². The van der Waals surface area contributed by atoms with Gasteiger partial charge in [-0.3, -0.25) is 0 Å². The third-order valence-corrected chi connectivity index (χ3v) is 8.60. The van der Waals surface area contributed by atoms with Crippen LogP contribution in [-0.2, 0) is 19.5 Å². The van der Waals surface area contributed by atoms with Crippen molar-refractivity contribution in [2.24, 2.45) is 0 Å². The molecule has 0 aromatic heterocycles. The van der Waals surface area contributed by atoms with E-state index in [0.29, 0.717) is 38.3 Å². The highest BCUT2D eigenvalue weighted by atomic mass is 127. The maximum atomic E-state index is 13.0. The largest absolute Gasteiger partial charge is 0.448 e. The molecule has 0 radical (unpaired) electrons. The average Bonchev–Trinajstić information content (AvgIpc) is 3.17. The van der Waals surface area contributed by atoms with E-state index in [1.54, 1.807) is 4.90 Å². The van der Waals surface area contributed by atoms with Crippen LogP contribution in [0, 0.1) is 10.5 Å². The number of hydrogen-bond donors (Lipinski definition) is 0. The molecule has 6 nitrogen and oxygen atoms in total. The molecule has 5 rings (SSSR count). The first kappa shape index (κ1) is 25.4. The zero-order chi connectivity index (χ0) is 25.4. The lowest BCUT2D eigenvalue weighted by atomic mass is 9.98. The molecule has 0 atom stereocenters. The first-order valence-electron chi connectivity index (χ1n) is 11.8. The van der Waals surface area contributed by atoms with Gasteiger partial charge in [0.2, 0.25) is 9.05 Å². The van der Waals surface area contributed by atoms with E-state index in [2.05, 4.69) is 51.8 Å². The van der Waals surface area contributed by atoms with Crippen LogP contribution in [-0.4, -0.2) is 52.2 Å². The number of ether oxygens (including phenoxy) is 1. The van der Waals surface area contributed by atoms with Crippen LogP contribution in [0.2, 0.25) is 0 Å². The van der Waals surface area contributed by atoms with Gasteiger partial charge in [0.25, 0.3) is 0 Å². The number of anilines is 1. The molecular formula is C27H26ClIN2O4S. The van der Waals surface area contributed by atoms with E-state index in [0.717, 1.165) is 14.8 Å². The molecule has 36 heavy (non-hydrogen) atoms. The Bertz CT molecular complexity index is 1380. The van der Waals surface area contributed by atoms with Crippen molar-refractivity contribution < 1.29 is 17.9 Å².